The highest BCUT2D eigenvalue weighted by molar-refractivity contribution is 6.31. The van der Waals surface area contributed by atoms with Crippen LogP contribution in [0, 0.1) is 13.8 Å². The Hall–Kier alpha value is -2.53. The molecule has 0 spiro atoms. The molecule has 0 aliphatic rings. The Bertz CT molecular complexity index is 742. The van der Waals surface area contributed by atoms with Crippen LogP contribution in [0.1, 0.15) is 23.1 Å². The van der Waals surface area contributed by atoms with E-state index in [0.29, 0.717) is 17.2 Å². The van der Waals surface area contributed by atoms with Crippen molar-refractivity contribution in [1.29, 1.82) is 0 Å². The first-order valence-corrected chi connectivity index (χ1v) is 8.34. The topological polar surface area (TPSA) is 67.4 Å². The molecule has 0 aromatic heterocycles. The third-order valence-corrected chi connectivity index (χ3v) is 3.85. The molecular weight excluding hydrogens is 340 g/mol. The summed E-state index contributed by atoms with van der Waals surface area (Å²) < 4.78 is 5.43. The number of nitrogens with one attached hydrogen (secondary N) is 2. The summed E-state index contributed by atoms with van der Waals surface area (Å²) in [5.74, 6) is -0.0948. The summed E-state index contributed by atoms with van der Waals surface area (Å²) in [5, 5.41) is 0.626. The maximum absolute atomic E-state index is 11.8. The standard InChI is InChI=1S/C19H21ClN2O3/c1-13-9-14(2)11-16(10-13)25-12-19(24)22-21-18(23)8-7-15-5-3-4-6-17(15)20/h3-6,9-11H,7-8,12H2,1-2H3,(H,21,23)(H,22,24). The van der Waals surface area contributed by atoms with E-state index < -0.39 is 5.91 Å². The Morgan fingerprint density at radius 1 is 1.00 bits per heavy atom. The van der Waals surface area contributed by atoms with Gasteiger partial charge in [0.05, 0.1) is 0 Å². The van der Waals surface area contributed by atoms with Crippen LogP contribution < -0.4 is 15.6 Å². The maximum Gasteiger partial charge on any atom is 0.276 e. The van der Waals surface area contributed by atoms with E-state index in [0.717, 1.165) is 16.7 Å². The molecule has 0 radical (unpaired) electrons. The number of aryl methyl sites for hydroxylation is 3. The SMILES string of the molecule is Cc1cc(C)cc(OCC(=O)NNC(=O)CCc2ccccc2Cl)c1. The van der Waals surface area contributed by atoms with E-state index in [9.17, 15) is 9.59 Å². The van der Waals surface area contributed by atoms with Crippen LogP contribution in [-0.2, 0) is 16.0 Å². The number of ether oxygens (including phenoxy) is 1. The van der Waals surface area contributed by atoms with Gasteiger partial charge in [0.1, 0.15) is 5.75 Å². The Morgan fingerprint density at radius 2 is 1.64 bits per heavy atom. The average molecular weight is 361 g/mol. The van der Waals surface area contributed by atoms with Crippen molar-refractivity contribution in [3.8, 4) is 5.75 Å². The molecule has 0 aliphatic carbocycles. The number of carbonyl (C=O) groups is 2. The minimum Gasteiger partial charge on any atom is -0.484 e. The summed E-state index contributed by atoms with van der Waals surface area (Å²) in [6, 6.07) is 13.1. The molecule has 2 N–H and O–H groups in total. The van der Waals surface area contributed by atoms with Gasteiger partial charge in [-0.15, -0.1) is 0 Å². The van der Waals surface area contributed by atoms with Crippen LogP contribution in [0.2, 0.25) is 5.02 Å². The molecule has 0 atom stereocenters. The summed E-state index contributed by atoms with van der Waals surface area (Å²) in [7, 11) is 0. The molecule has 2 amide bonds. The monoisotopic (exact) mass is 360 g/mol. The number of hydrazine groups is 1. The summed E-state index contributed by atoms with van der Waals surface area (Å²) >= 11 is 6.04. The Kier molecular flexibility index (Phi) is 6.83. The highest BCUT2D eigenvalue weighted by Gasteiger charge is 2.07. The lowest BCUT2D eigenvalue weighted by Crippen LogP contribution is -2.43. The molecule has 0 unspecified atom stereocenters. The van der Waals surface area contributed by atoms with Crippen LogP contribution >= 0.6 is 11.6 Å². The molecule has 2 aromatic carbocycles. The van der Waals surface area contributed by atoms with Crippen LogP contribution in [0.25, 0.3) is 0 Å². The van der Waals surface area contributed by atoms with Crippen molar-refractivity contribution in [3.63, 3.8) is 0 Å². The van der Waals surface area contributed by atoms with Gasteiger partial charge in [0.2, 0.25) is 5.91 Å². The molecule has 6 heteroatoms. The second-order valence-corrected chi connectivity index (χ2v) is 6.21. The van der Waals surface area contributed by atoms with E-state index in [1.807, 2.05) is 50.2 Å². The van der Waals surface area contributed by atoms with Gasteiger partial charge in [-0.05, 0) is 55.2 Å². The van der Waals surface area contributed by atoms with Crippen LogP contribution in [0.4, 0.5) is 0 Å². The number of amides is 2. The van der Waals surface area contributed by atoms with Crippen LogP contribution in [0.3, 0.4) is 0 Å². The normalized spacial score (nSPS) is 10.2. The highest BCUT2D eigenvalue weighted by atomic mass is 35.5. The zero-order valence-electron chi connectivity index (χ0n) is 14.3. The first-order chi connectivity index (χ1) is 11.9. The lowest BCUT2D eigenvalue weighted by atomic mass is 10.1. The molecule has 2 aromatic rings. The fourth-order valence-electron chi connectivity index (χ4n) is 2.35. The lowest BCUT2D eigenvalue weighted by Gasteiger charge is -2.10. The Labute approximate surface area is 152 Å². The second kappa shape index (κ2) is 9.08. The first-order valence-electron chi connectivity index (χ1n) is 7.96. The van der Waals surface area contributed by atoms with Crippen molar-refractivity contribution in [2.75, 3.05) is 6.61 Å². The third kappa shape index (κ3) is 6.47. The fourth-order valence-corrected chi connectivity index (χ4v) is 2.58. The van der Waals surface area contributed by atoms with Crippen molar-refractivity contribution in [3.05, 3.63) is 64.2 Å². The van der Waals surface area contributed by atoms with E-state index in [4.69, 9.17) is 16.3 Å². The molecule has 0 heterocycles. The zero-order valence-corrected chi connectivity index (χ0v) is 15.0. The summed E-state index contributed by atoms with van der Waals surface area (Å²) in [6.45, 7) is 3.74. The van der Waals surface area contributed by atoms with Gasteiger partial charge < -0.3 is 4.74 Å². The molecule has 0 fully saturated rings. The minimum atomic E-state index is -0.426. The van der Waals surface area contributed by atoms with E-state index in [1.165, 1.54) is 0 Å². The molecule has 0 saturated heterocycles. The lowest BCUT2D eigenvalue weighted by molar-refractivity contribution is -0.130. The van der Waals surface area contributed by atoms with E-state index in [-0.39, 0.29) is 18.9 Å². The Balaban J connectivity index is 1.70. The first kappa shape index (κ1) is 18.8. The van der Waals surface area contributed by atoms with Gasteiger partial charge in [-0.2, -0.15) is 0 Å². The quantitative estimate of drug-likeness (QED) is 0.778. The van der Waals surface area contributed by atoms with Crippen molar-refractivity contribution < 1.29 is 14.3 Å². The molecule has 0 saturated carbocycles. The number of hydrogen-bond acceptors (Lipinski definition) is 3. The molecule has 2 rings (SSSR count). The predicted octanol–water partition coefficient (Wildman–Crippen LogP) is 3.12. The largest absolute Gasteiger partial charge is 0.484 e. The van der Waals surface area contributed by atoms with Crippen molar-refractivity contribution in [2.45, 2.75) is 26.7 Å². The van der Waals surface area contributed by atoms with Crippen molar-refractivity contribution in [1.82, 2.24) is 10.9 Å². The van der Waals surface area contributed by atoms with Gasteiger partial charge in [-0.1, -0.05) is 35.9 Å². The number of benzene rings is 2. The van der Waals surface area contributed by atoms with Crippen LogP contribution in [-0.4, -0.2) is 18.4 Å². The van der Waals surface area contributed by atoms with Crippen molar-refractivity contribution >= 4 is 23.4 Å². The zero-order chi connectivity index (χ0) is 18.2. The molecule has 0 aliphatic heterocycles. The predicted molar refractivity (Wildman–Crippen MR) is 97.5 cm³/mol. The molecule has 132 valence electrons. The van der Waals surface area contributed by atoms with E-state index in [2.05, 4.69) is 10.9 Å². The Morgan fingerprint density at radius 3 is 2.32 bits per heavy atom. The van der Waals surface area contributed by atoms with Gasteiger partial charge in [0, 0.05) is 11.4 Å². The number of halogens is 1. The summed E-state index contributed by atoms with van der Waals surface area (Å²) in [4.78, 5) is 23.5. The molecular formula is C19H21ClN2O3. The highest BCUT2D eigenvalue weighted by Crippen LogP contribution is 2.17. The summed E-state index contributed by atoms with van der Waals surface area (Å²) in [5.41, 5.74) is 7.72. The minimum absolute atomic E-state index is 0.173. The smallest absolute Gasteiger partial charge is 0.276 e. The average Bonchev–Trinajstić information content (AvgIpc) is 2.56. The summed E-state index contributed by atoms with van der Waals surface area (Å²) in [6.07, 6.45) is 0.725. The van der Waals surface area contributed by atoms with Crippen LogP contribution in [0.5, 0.6) is 5.75 Å². The van der Waals surface area contributed by atoms with E-state index >= 15 is 0 Å². The molecule has 5 nitrogen and oxygen atoms in total. The molecule has 0 bridgehead atoms. The number of rotatable bonds is 6. The van der Waals surface area contributed by atoms with Gasteiger partial charge in [0.15, 0.2) is 6.61 Å². The number of hydrogen-bond donors (Lipinski definition) is 2. The molecule has 25 heavy (non-hydrogen) atoms. The van der Waals surface area contributed by atoms with Gasteiger partial charge in [-0.3, -0.25) is 20.4 Å². The maximum atomic E-state index is 11.8. The van der Waals surface area contributed by atoms with E-state index in [1.54, 1.807) is 6.07 Å². The fraction of sp³-hybridized carbons (Fsp3) is 0.263. The van der Waals surface area contributed by atoms with Gasteiger partial charge in [0.25, 0.3) is 5.91 Å². The second-order valence-electron chi connectivity index (χ2n) is 5.80. The van der Waals surface area contributed by atoms with Crippen molar-refractivity contribution in [2.24, 2.45) is 0 Å². The number of carbonyl (C=O) groups excluding carboxylic acids is 2. The van der Waals surface area contributed by atoms with Crippen LogP contribution in [0.15, 0.2) is 42.5 Å². The van der Waals surface area contributed by atoms with Gasteiger partial charge in [-0.25, -0.2) is 0 Å². The van der Waals surface area contributed by atoms with Gasteiger partial charge >= 0.3 is 0 Å². The third-order valence-electron chi connectivity index (χ3n) is 3.49.